The molecule has 0 unspecified atom stereocenters. The lowest BCUT2D eigenvalue weighted by Gasteiger charge is -2.38. The number of carbonyl (C=O) groups excluding carboxylic acids is 1. The average molecular weight is 293 g/mol. The Morgan fingerprint density at radius 1 is 1.29 bits per heavy atom. The van der Waals surface area contributed by atoms with Gasteiger partial charge in [0.25, 0.3) is 0 Å². The summed E-state index contributed by atoms with van der Waals surface area (Å²) >= 11 is 0. The number of nitrogens with zero attached hydrogens (tertiary/aromatic N) is 3. The van der Waals surface area contributed by atoms with E-state index in [0.29, 0.717) is 13.1 Å². The van der Waals surface area contributed by atoms with Gasteiger partial charge in [-0.3, -0.25) is 9.78 Å². The maximum Gasteiger partial charge on any atom is 0.323 e. The van der Waals surface area contributed by atoms with Crippen LogP contribution in [-0.2, 0) is 11.3 Å². The maximum atomic E-state index is 12.6. The molecule has 2 amide bonds. The molecule has 1 N–H and O–H groups in total. The van der Waals surface area contributed by atoms with E-state index in [1.165, 1.54) is 4.90 Å². The number of carboxylic acid groups (broad SMARTS) is 1. The molecule has 1 heterocycles. The molecular formula is C15H23N3O3. The number of carbonyl (C=O) groups is 2. The first-order valence-corrected chi connectivity index (χ1v) is 6.94. The van der Waals surface area contributed by atoms with Crippen LogP contribution in [0.1, 0.15) is 33.4 Å². The molecule has 0 aliphatic carbocycles. The van der Waals surface area contributed by atoms with Gasteiger partial charge in [-0.1, -0.05) is 6.07 Å². The standard InChI is InChI=1S/C15H23N3O3/c1-5-17(10-12-8-6-7-9-16-12)14(21)18(11-13(19)20)15(2,3)4/h6-9H,5,10-11H2,1-4H3,(H,19,20). The first kappa shape index (κ1) is 16.9. The van der Waals surface area contributed by atoms with E-state index >= 15 is 0 Å². The van der Waals surface area contributed by atoms with Crippen LogP contribution in [0.2, 0.25) is 0 Å². The minimum Gasteiger partial charge on any atom is -0.480 e. The van der Waals surface area contributed by atoms with Gasteiger partial charge in [-0.15, -0.1) is 0 Å². The van der Waals surface area contributed by atoms with E-state index in [9.17, 15) is 9.59 Å². The molecule has 116 valence electrons. The Balaban J connectivity index is 2.91. The van der Waals surface area contributed by atoms with Crippen molar-refractivity contribution in [1.29, 1.82) is 0 Å². The molecule has 0 fully saturated rings. The van der Waals surface area contributed by atoms with E-state index in [-0.39, 0.29) is 12.6 Å². The molecule has 6 nitrogen and oxygen atoms in total. The van der Waals surface area contributed by atoms with Crippen LogP contribution in [0.4, 0.5) is 4.79 Å². The number of aliphatic carboxylic acids is 1. The Morgan fingerprint density at radius 2 is 1.95 bits per heavy atom. The molecule has 0 aliphatic rings. The fourth-order valence-electron chi connectivity index (χ4n) is 1.90. The second-order valence-corrected chi connectivity index (χ2v) is 5.77. The molecule has 0 spiro atoms. The zero-order chi connectivity index (χ0) is 16.0. The summed E-state index contributed by atoms with van der Waals surface area (Å²) in [6, 6.07) is 5.22. The number of pyridine rings is 1. The number of rotatable bonds is 5. The molecule has 6 heteroatoms. The van der Waals surface area contributed by atoms with Gasteiger partial charge >= 0.3 is 12.0 Å². The van der Waals surface area contributed by atoms with Crippen LogP contribution in [0.5, 0.6) is 0 Å². The highest BCUT2D eigenvalue weighted by Gasteiger charge is 2.31. The lowest BCUT2D eigenvalue weighted by molar-refractivity contribution is -0.138. The van der Waals surface area contributed by atoms with E-state index in [2.05, 4.69) is 4.98 Å². The van der Waals surface area contributed by atoms with Gasteiger partial charge in [-0.25, -0.2) is 4.79 Å². The van der Waals surface area contributed by atoms with E-state index in [4.69, 9.17) is 5.11 Å². The van der Waals surface area contributed by atoms with Crippen LogP contribution >= 0.6 is 0 Å². The minimum atomic E-state index is -1.02. The van der Waals surface area contributed by atoms with Crippen molar-refractivity contribution in [3.63, 3.8) is 0 Å². The summed E-state index contributed by atoms with van der Waals surface area (Å²) in [6.07, 6.45) is 1.67. The number of hydrogen-bond acceptors (Lipinski definition) is 3. The molecule has 21 heavy (non-hydrogen) atoms. The normalized spacial score (nSPS) is 11.0. The molecule has 1 aromatic heterocycles. The van der Waals surface area contributed by atoms with Crippen LogP contribution in [0.3, 0.4) is 0 Å². The number of hydrogen-bond donors (Lipinski definition) is 1. The topological polar surface area (TPSA) is 73.7 Å². The van der Waals surface area contributed by atoms with Gasteiger partial charge in [0, 0.05) is 18.3 Å². The minimum absolute atomic E-state index is 0.293. The van der Waals surface area contributed by atoms with Crippen LogP contribution in [0.15, 0.2) is 24.4 Å². The van der Waals surface area contributed by atoms with Crippen LogP contribution in [-0.4, -0.2) is 50.5 Å². The number of carboxylic acids is 1. The van der Waals surface area contributed by atoms with Crippen molar-refractivity contribution in [2.45, 2.75) is 39.8 Å². The third-order valence-electron chi connectivity index (χ3n) is 3.07. The monoisotopic (exact) mass is 293 g/mol. The quantitative estimate of drug-likeness (QED) is 0.903. The first-order chi connectivity index (χ1) is 9.75. The third kappa shape index (κ3) is 5.06. The smallest absolute Gasteiger partial charge is 0.323 e. The zero-order valence-electron chi connectivity index (χ0n) is 13.0. The van der Waals surface area contributed by atoms with Gasteiger partial charge in [0.15, 0.2) is 0 Å². The summed E-state index contributed by atoms with van der Waals surface area (Å²) < 4.78 is 0. The zero-order valence-corrected chi connectivity index (χ0v) is 13.0. The largest absolute Gasteiger partial charge is 0.480 e. The highest BCUT2D eigenvalue weighted by atomic mass is 16.4. The Hall–Kier alpha value is -2.11. The van der Waals surface area contributed by atoms with E-state index in [1.54, 1.807) is 11.1 Å². The van der Waals surface area contributed by atoms with Crippen molar-refractivity contribution < 1.29 is 14.7 Å². The van der Waals surface area contributed by atoms with Gasteiger partial charge in [0.05, 0.1) is 12.2 Å². The van der Waals surface area contributed by atoms with Gasteiger partial charge in [-0.2, -0.15) is 0 Å². The number of urea groups is 1. The molecule has 0 bridgehead atoms. The Morgan fingerprint density at radius 3 is 2.38 bits per heavy atom. The van der Waals surface area contributed by atoms with Crippen molar-refractivity contribution in [2.75, 3.05) is 13.1 Å². The van der Waals surface area contributed by atoms with Gasteiger partial charge in [0.1, 0.15) is 6.54 Å². The van der Waals surface area contributed by atoms with Gasteiger partial charge in [-0.05, 0) is 39.8 Å². The highest BCUT2D eigenvalue weighted by molar-refractivity contribution is 5.80. The Kier molecular flexibility index (Phi) is 5.69. The maximum absolute atomic E-state index is 12.6. The summed E-state index contributed by atoms with van der Waals surface area (Å²) in [4.78, 5) is 30.8. The molecular weight excluding hydrogens is 270 g/mol. The van der Waals surface area contributed by atoms with E-state index in [0.717, 1.165) is 5.69 Å². The lowest BCUT2D eigenvalue weighted by Crippen LogP contribution is -2.53. The summed E-state index contributed by atoms with van der Waals surface area (Å²) in [5, 5.41) is 9.02. The predicted molar refractivity (Wildman–Crippen MR) is 79.8 cm³/mol. The van der Waals surface area contributed by atoms with Crippen LogP contribution in [0, 0.1) is 0 Å². The molecule has 0 radical (unpaired) electrons. The SMILES string of the molecule is CCN(Cc1ccccn1)C(=O)N(CC(=O)O)C(C)(C)C. The van der Waals surface area contributed by atoms with E-state index < -0.39 is 11.5 Å². The fraction of sp³-hybridized carbons (Fsp3) is 0.533. The molecule has 1 aromatic rings. The summed E-state index contributed by atoms with van der Waals surface area (Å²) in [7, 11) is 0. The molecule has 0 aliphatic heterocycles. The van der Waals surface area contributed by atoms with Gasteiger partial charge < -0.3 is 14.9 Å². The molecule has 0 saturated heterocycles. The molecule has 1 rings (SSSR count). The third-order valence-corrected chi connectivity index (χ3v) is 3.07. The van der Waals surface area contributed by atoms with Crippen LogP contribution in [0.25, 0.3) is 0 Å². The average Bonchev–Trinajstić information content (AvgIpc) is 2.41. The Labute approximate surface area is 125 Å². The van der Waals surface area contributed by atoms with E-state index in [1.807, 2.05) is 45.9 Å². The predicted octanol–water partition coefficient (Wildman–Crippen LogP) is 2.21. The van der Waals surface area contributed by atoms with Gasteiger partial charge in [0.2, 0.25) is 0 Å². The van der Waals surface area contributed by atoms with Crippen molar-refractivity contribution in [1.82, 2.24) is 14.8 Å². The second-order valence-electron chi connectivity index (χ2n) is 5.77. The highest BCUT2D eigenvalue weighted by Crippen LogP contribution is 2.16. The number of aromatic nitrogens is 1. The molecule has 0 saturated carbocycles. The van der Waals surface area contributed by atoms with Crippen LogP contribution < -0.4 is 0 Å². The Bertz CT molecular complexity index is 483. The summed E-state index contributed by atoms with van der Waals surface area (Å²) in [5.41, 5.74) is 0.212. The summed E-state index contributed by atoms with van der Waals surface area (Å²) in [5.74, 6) is -1.02. The number of amides is 2. The lowest BCUT2D eigenvalue weighted by atomic mass is 10.1. The van der Waals surface area contributed by atoms with Crippen molar-refractivity contribution in [3.8, 4) is 0 Å². The molecule has 0 aromatic carbocycles. The summed E-state index contributed by atoms with van der Waals surface area (Å²) in [6.45, 7) is 7.86. The second kappa shape index (κ2) is 7.06. The molecule has 0 atom stereocenters. The first-order valence-electron chi connectivity index (χ1n) is 6.94. The van der Waals surface area contributed by atoms with Crippen molar-refractivity contribution in [2.24, 2.45) is 0 Å². The van der Waals surface area contributed by atoms with Crippen molar-refractivity contribution in [3.05, 3.63) is 30.1 Å². The fourth-order valence-corrected chi connectivity index (χ4v) is 1.90. The van der Waals surface area contributed by atoms with Crippen molar-refractivity contribution >= 4 is 12.0 Å².